The number of halogens is 2. The zero-order chi connectivity index (χ0) is 25.7. The van der Waals surface area contributed by atoms with Crippen molar-refractivity contribution in [2.45, 2.75) is 94.0 Å². The van der Waals surface area contributed by atoms with E-state index in [2.05, 4.69) is 10.6 Å². The molecule has 0 aromatic heterocycles. The topological polar surface area (TPSA) is 87.7 Å². The first kappa shape index (κ1) is 25.2. The Bertz CT molecular complexity index is 1130. The minimum absolute atomic E-state index is 0.0156. The fourth-order valence-corrected chi connectivity index (χ4v) is 7.58. The summed E-state index contributed by atoms with van der Waals surface area (Å²) >= 11 is 12.2. The first-order valence-corrected chi connectivity index (χ1v) is 14.4. The number of carbonyl (C=O) groups excluding carboxylic acids is 3. The Morgan fingerprint density at radius 3 is 2.35 bits per heavy atom. The van der Waals surface area contributed by atoms with Gasteiger partial charge in [-0.15, -0.1) is 0 Å². The molecule has 3 amide bonds. The van der Waals surface area contributed by atoms with Crippen LogP contribution in [0.2, 0.25) is 10.0 Å². The van der Waals surface area contributed by atoms with Crippen LogP contribution in [0.25, 0.3) is 0 Å². The fourth-order valence-electron chi connectivity index (χ4n) is 7.29. The van der Waals surface area contributed by atoms with Crippen LogP contribution in [0, 0.1) is 11.8 Å². The van der Waals surface area contributed by atoms with Crippen molar-refractivity contribution in [2.24, 2.45) is 11.8 Å². The summed E-state index contributed by atoms with van der Waals surface area (Å²) < 4.78 is 6.47. The Kier molecular flexibility index (Phi) is 6.74. The Labute approximate surface area is 227 Å². The lowest BCUT2D eigenvalue weighted by atomic mass is 9.74. The molecular weight excluding hydrogens is 513 g/mol. The monoisotopic (exact) mass is 545 g/mol. The van der Waals surface area contributed by atoms with Gasteiger partial charge in [-0.1, -0.05) is 73.9 Å². The van der Waals surface area contributed by atoms with Crippen LogP contribution in [0.3, 0.4) is 0 Å². The lowest BCUT2D eigenvalue weighted by Gasteiger charge is -2.39. The van der Waals surface area contributed by atoms with Crippen molar-refractivity contribution in [3.05, 3.63) is 40.4 Å². The van der Waals surface area contributed by atoms with E-state index in [0.717, 1.165) is 57.8 Å². The Morgan fingerprint density at radius 2 is 1.65 bits per heavy atom. The maximum absolute atomic E-state index is 14.2. The molecule has 2 N–H and O–H groups in total. The molecule has 2 saturated carbocycles. The van der Waals surface area contributed by atoms with E-state index in [1.54, 1.807) is 23.1 Å². The average Bonchev–Trinajstić information content (AvgIpc) is 3.54. The summed E-state index contributed by atoms with van der Waals surface area (Å²) in [6.45, 7) is 0. The van der Waals surface area contributed by atoms with Gasteiger partial charge < -0.3 is 20.3 Å². The number of nitrogens with one attached hydrogen (secondary N) is 2. The van der Waals surface area contributed by atoms with Gasteiger partial charge in [-0.05, 0) is 43.9 Å². The largest absolute Gasteiger partial charge is 0.359 e. The standard InChI is InChI=1S/C28H33Cl2N3O4/c29-19-12-11-17(15-20(19)30)32-25(34)22-21-13-14-28(37-21)23(22)27(36)33(18-9-5-2-6-10-18)24(28)26(35)31-16-7-3-1-4-8-16/h11-16,18,21-24H,1-10H2,(H,31,35)(H,32,34). The third-order valence-corrected chi connectivity index (χ3v) is 9.71. The maximum Gasteiger partial charge on any atom is 0.246 e. The predicted octanol–water partition coefficient (Wildman–Crippen LogP) is 4.86. The quantitative estimate of drug-likeness (QED) is 0.517. The molecule has 2 bridgehead atoms. The molecule has 1 aromatic carbocycles. The van der Waals surface area contributed by atoms with E-state index in [-0.39, 0.29) is 29.8 Å². The minimum atomic E-state index is -1.13. The Hall–Kier alpha value is -2.09. The molecule has 9 heteroatoms. The molecular formula is C28H33Cl2N3O4. The van der Waals surface area contributed by atoms with Crippen molar-refractivity contribution in [3.63, 3.8) is 0 Å². The lowest BCUT2D eigenvalue weighted by Crippen LogP contribution is -2.58. The number of fused-ring (bicyclic) bond motifs is 1. The summed E-state index contributed by atoms with van der Waals surface area (Å²) in [4.78, 5) is 43.5. The second kappa shape index (κ2) is 9.90. The number of nitrogens with zero attached hydrogens (tertiary/aromatic N) is 1. The van der Waals surface area contributed by atoms with Crippen molar-refractivity contribution >= 4 is 46.6 Å². The summed E-state index contributed by atoms with van der Waals surface area (Å²) in [5, 5.41) is 6.89. The van der Waals surface area contributed by atoms with E-state index in [4.69, 9.17) is 27.9 Å². The first-order chi connectivity index (χ1) is 17.9. The molecule has 5 atom stereocenters. The number of benzene rings is 1. The van der Waals surface area contributed by atoms with Gasteiger partial charge >= 0.3 is 0 Å². The number of rotatable bonds is 5. The number of hydrogen-bond acceptors (Lipinski definition) is 4. The number of likely N-dealkylation sites (tertiary alicyclic amines) is 1. The molecule has 4 fully saturated rings. The average molecular weight is 546 g/mol. The normalized spacial score (nSPS) is 33.6. The lowest BCUT2D eigenvalue weighted by molar-refractivity contribution is -0.144. The zero-order valence-corrected chi connectivity index (χ0v) is 22.3. The van der Waals surface area contributed by atoms with Crippen LogP contribution in [0.5, 0.6) is 0 Å². The van der Waals surface area contributed by atoms with Crippen LogP contribution in [0.15, 0.2) is 30.4 Å². The van der Waals surface area contributed by atoms with Crippen molar-refractivity contribution in [1.29, 1.82) is 0 Å². The number of carbonyl (C=O) groups is 3. The molecule has 5 unspecified atom stereocenters. The molecule has 7 nitrogen and oxygen atoms in total. The summed E-state index contributed by atoms with van der Waals surface area (Å²) in [5.74, 6) is -2.08. The number of hydrogen-bond donors (Lipinski definition) is 2. The van der Waals surface area contributed by atoms with Crippen molar-refractivity contribution in [1.82, 2.24) is 10.2 Å². The molecule has 2 aliphatic carbocycles. The van der Waals surface area contributed by atoms with Crippen LogP contribution in [-0.2, 0) is 19.1 Å². The second-order valence-corrected chi connectivity index (χ2v) is 12.0. The minimum Gasteiger partial charge on any atom is -0.359 e. The molecule has 198 valence electrons. The van der Waals surface area contributed by atoms with Gasteiger partial charge in [0.25, 0.3) is 0 Å². The molecule has 0 radical (unpaired) electrons. The highest BCUT2D eigenvalue weighted by molar-refractivity contribution is 6.42. The molecule has 1 spiro atoms. The van der Waals surface area contributed by atoms with Gasteiger partial charge in [-0.25, -0.2) is 0 Å². The van der Waals surface area contributed by atoms with Crippen LogP contribution >= 0.6 is 23.2 Å². The highest BCUT2D eigenvalue weighted by Gasteiger charge is 2.73. The third-order valence-electron chi connectivity index (χ3n) is 8.97. The van der Waals surface area contributed by atoms with Gasteiger partial charge in [0.15, 0.2) is 0 Å². The van der Waals surface area contributed by atoms with Gasteiger partial charge in [-0.2, -0.15) is 0 Å². The summed E-state index contributed by atoms with van der Waals surface area (Å²) in [6.07, 6.45) is 13.4. The maximum atomic E-state index is 14.2. The third kappa shape index (κ3) is 4.27. The predicted molar refractivity (Wildman–Crippen MR) is 141 cm³/mol. The van der Waals surface area contributed by atoms with E-state index in [1.807, 2.05) is 12.2 Å². The molecule has 5 aliphatic rings. The van der Waals surface area contributed by atoms with Crippen LogP contribution in [0.4, 0.5) is 5.69 Å². The summed E-state index contributed by atoms with van der Waals surface area (Å²) in [5.41, 5.74) is -0.626. The molecule has 37 heavy (non-hydrogen) atoms. The van der Waals surface area contributed by atoms with E-state index < -0.39 is 29.6 Å². The summed E-state index contributed by atoms with van der Waals surface area (Å²) in [6, 6.07) is 4.23. The van der Waals surface area contributed by atoms with Crippen molar-refractivity contribution < 1.29 is 19.1 Å². The molecule has 3 aliphatic heterocycles. The number of amides is 3. The van der Waals surface area contributed by atoms with E-state index in [1.165, 1.54) is 6.42 Å². The molecule has 3 heterocycles. The first-order valence-electron chi connectivity index (χ1n) is 13.6. The summed E-state index contributed by atoms with van der Waals surface area (Å²) in [7, 11) is 0. The van der Waals surface area contributed by atoms with Gasteiger partial charge in [0.1, 0.15) is 11.6 Å². The van der Waals surface area contributed by atoms with Gasteiger partial charge in [0, 0.05) is 17.8 Å². The SMILES string of the molecule is O=C(Nc1ccc(Cl)c(Cl)c1)C1C2C=CC3(O2)C1C(=O)N(C1CCCCC1)C3C(=O)NC1CCCCC1. The van der Waals surface area contributed by atoms with E-state index >= 15 is 0 Å². The van der Waals surface area contributed by atoms with Gasteiger partial charge in [-0.3, -0.25) is 14.4 Å². The number of anilines is 1. The van der Waals surface area contributed by atoms with Gasteiger partial charge in [0.05, 0.1) is 28.0 Å². The van der Waals surface area contributed by atoms with Crippen molar-refractivity contribution in [2.75, 3.05) is 5.32 Å². The van der Waals surface area contributed by atoms with Crippen LogP contribution in [-0.4, -0.2) is 52.5 Å². The fraction of sp³-hybridized carbons (Fsp3) is 0.607. The highest BCUT2D eigenvalue weighted by Crippen LogP contribution is 2.56. The van der Waals surface area contributed by atoms with E-state index in [9.17, 15) is 14.4 Å². The van der Waals surface area contributed by atoms with Crippen LogP contribution < -0.4 is 10.6 Å². The van der Waals surface area contributed by atoms with E-state index in [0.29, 0.717) is 15.7 Å². The number of ether oxygens (including phenoxy) is 1. The Morgan fingerprint density at radius 1 is 0.946 bits per heavy atom. The second-order valence-electron chi connectivity index (χ2n) is 11.2. The smallest absolute Gasteiger partial charge is 0.246 e. The van der Waals surface area contributed by atoms with Crippen LogP contribution in [0.1, 0.15) is 64.2 Å². The zero-order valence-electron chi connectivity index (χ0n) is 20.8. The molecule has 1 aromatic rings. The van der Waals surface area contributed by atoms with Gasteiger partial charge in [0.2, 0.25) is 17.7 Å². The van der Waals surface area contributed by atoms with Crippen molar-refractivity contribution in [3.8, 4) is 0 Å². The molecule has 2 saturated heterocycles. The molecule has 6 rings (SSSR count). The highest BCUT2D eigenvalue weighted by atomic mass is 35.5. The Balaban J connectivity index is 1.31.